The Labute approximate surface area is 128 Å². The van der Waals surface area contributed by atoms with Crippen molar-refractivity contribution in [1.29, 1.82) is 0 Å². The van der Waals surface area contributed by atoms with Gasteiger partial charge < -0.3 is 9.73 Å². The summed E-state index contributed by atoms with van der Waals surface area (Å²) < 4.78 is 6.06. The van der Waals surface area contributed by atoms with E-state index in [1.807, 2.05) is 6.07 Å². The van der Waals surface area contributed by atoms with Gasteiger partial charge in [-0.15, -0.1) is 0 Å². The molecule has 0 fully saturated rings. The fourth-order valence-electron chi connectivity index (χ4n) is 2.75. The van der Waals surface area contributed by atoms with Crippen LogP contribution < -0.4 is 5.32 Å². The van der Waals surface area contributed by atoms with Crippen molar-refractivity contribution in [3.63, 3.8) is 0 Å². The molecule has 21 heavy (non-hydrogen) atoms. The summed E-state index contributed by atoms with van der Waals surface area (Å²) in [5.41, 5.74) is 2.34. The van der Waals surface area contributed by atoms with Crippen molar-refractivity contribution in [2.75, 3.05) is 19.6 Å². The molecule has 0 aliphatic carbocycles. The summed E-state index contributed by atoms with van der Waals surface area (Å²) in [7, 11) is 0. The van der Waals surface area contributed by atoms with Crippen molar-refractivity contribution < 1.29 is 4.42 Å². The van der Waals surface area contributed by atoms with Crippen LogP contribution in [0.1, 0.15) is 39.0 Å². The molecule has 0 aliphatic heterocycles. The first kappa shape index (κ1) is 16.1. The second-order valence-corrected chi connectivity index (χ2v) is 6.00. The molecule has 1 aromatic carbocycles. The lowest BCUT2D eigenvalue weighted by Crippen LogP contribution is -2.27. The van der Waals surface area contributed by atoms with Crippen molar-refractivity contribution in [3.05, 3.63) is 35.6 Å². The van der Waals surface area contributed by atoms with Gasteiger partial charge in [-0.2, -0.15) is 0 Å². The maximum Gasteiger partial charge on any atom is 0.134 e. The lowest BCUT2D eigenvalue weighted by Gasteiger charge is -2.22. The largest absolute Gasteiger partial charge is 0.459 e. The molecule has 0 aliphatic rings. The number of hydrogen-bond acceptors (Lipinski definition) is 3. The molecular formula is C18H28N2O. The lowest BCUT2D eigenvalue weighted by molar-refractivity contribution is 0.247. The topological polar surface area (TPSA) is 28.4 Å². The minimum absolute atomic E-state index is 0.681. The zero-order chi connectivity index (χ0) is 15.2. The van der Waals surface area contributed by atoms with Gasteiger partial charge in [-0.05, 0) is 25.1 Å². The average Bonchev–Trinajstić information content (AvgIpc) is 2.82. The van der Waals surface area contributed by atoms with Gasteiger partial charge in [0.05, 0.1) is 6.54 Å². The highest BCUT2D eigenvalue weighted by atomic mass is 16.3. The molecule has 0 spiro atoms. The quantitative estimate of drug-likeness (QED) is 0.795. The second-order valence-electron chi connectivity index (χ2n) is 6.00. The van der Waals surface area contributed by atoms with Gasteiger partial charge in [-0.3, -0.25) is 4.90 Å². The van der Waals surface area contributed by atoms with E-state index in [4.69, 9.17) is 4.42 Å². The number of hydrogen-bond donors (Lipinski definition) is 1. The highest BCUT2D eigenvalue weighted by molar-refractivity contribution is 5.82. The molecule has 0 saturated heterocycles. The zero-order valence-electron chi connectivity index (χ0n) is 13.8. The van der Waals surface area contributed by atoms with E-state index in [0.717, 1.165) is 44.1 Å². The molecule has 1 aromatic heterocycles. The summed E-state index contributed by atoms with van der Waals surface area (Å²) >= 11 is 0. The minimum atomic E-state index is 0.681. The van der Waals surface area contributed by atoms with Gasteiger partial charge >= 0.3 is 0 Å². The smallest absolute Gasteiger partial charge is 0.134 e. The van der Waals surface area contributed by atoms with Gasteiger partial charge in [0.1, 0.15) is 11.3 Å². The van der Waals surface area contributed by atoms with Crippen molar-refractivity contribution in [1.82, 2.24) is 10.2 Å². The first-order valence-electron chi connectivity index (χ1n) is 8.08. The lowest BCUT2D eigenvalue weighted by atomic mass is 10.1. The molecule has 3 heteroatoms. The predicted molar refractivity (Wildman–Crippen MR) is 89.4 cm³/mol. The van der Waals surface area contributed by atoms with Gasteiger partial charge in [0.25, 0.3) is 0 Å². The Kier molecular flexibility index (Phi) is 5.83. The molecule has 1 N–H and O–H groups in total. The molecule has 0 radical (unpaired) electrons. The number of nitrogens with zero attached hydrogens (tertiary/aromatic N) is 1. The summed E-state index contributed by atoms with van der Waals surface area (Å²) in [5.74, 6) is 1.76. The summed E-state index contributed by atoms with van der Waals surface area (Å²) in [6.45, 7) is 13.8. The van der Waals surface area contributed by atoms with E-state index in [0.29, 0.717) is 5.92 Å². The summed E-state index contributed by atoms with van der Waals surface area (Å²) in [6.07, 6.45) is 0. The van der Waals surface area contributed by atoms with Crippen molar-refractivity contribution in [3.8, 4) is 0 Å². The Morgan fingerprint density at radius 1 is 1.19 bits per heavy atom. The second kappa shape index (κ2) is 7.62. The van der Waals surface area contributed by atoms with E-state index in [-0.39, 0.29) is 0 Å². The first-order valence-corrected chi connectivity index (χ1v) is 8.08. The Balaban J connectivity index is 2.30. The van der Waals surface area contributed by atoms with Crippen LogP contribution in [0.25, 0.3) is 11.0 Å². The van der Waals surface area contributed by atoms with E-state index >= 15 is 0 Å². The van der Waals surface area contributed by atoms with Crippen LogP contribution >= 0.6 is 0 Å². The van der Waals surface area contributed by atoms with Gasteiger partial charge in [0.15, 0.2) is 0 Å². The van der Waals surface area contributed by atoms with Crippen LogP contribution in [-0.4, -0.2) is 24.5 Å². The summed E-state index contributed by atoms with van der Waals surface area (Å²) in [5, 5.41) is 4.64. The SMILES string of the molecule is CCNCc1oc2ccccc2c1CN(CC)CC(C)C. The fourth-order valence-corrected chi connectivity index (χ4v) is 2.75. The first-order chi connectivity index (χ1) is 10.2. The Hall–Kier alpha value is -1.32. The van der Waals surface area contributed by atoms with Crippen LogP contribution in [-0.2, 0) is 13.1 Å². The molecule has 0 saturated carbocycles. The monoisotopic (exact) mass is 288 g/mol. The number of fused-ring (bicyclic) bond motifs is 1. The fraction of sp³-hybridized carbons (Fsp3) is 0.556. The van der Waals surface area contributed by atoms with Crippen LogP contribution in [0, 0.1) is 5.92 Å². The highest BCUT2D eigenvalue weighted by Gasteiger charge is 2.16. The van der Waals surface area contributed by atoms with Crippen LogP contribution in [0.4, 0.5) is 0 Å². The van der Waals surface area contributed by atoms with E-state index in [2.05, 4.69) is 56.1 Å². The Morgan fingerprint density at radius 3 is 2.62 bits per heavy atom. The molecule has 116 valence electrons. The van der Waals surface area contributed by atoms with Crippen LogP contribution in [0.2, 0.25) is 0 Å². The molecule has 0 unspecified atom stereocenters. The van der Waals surface area contributed by atoms with Gasteiger partial charge in [0, 0.05) is 24.0 Å². The molecule has 2 rings (SSSR count). The van der Waals surface area contributed by atoms with Gasteiger partial charge in [0.2, 0.25) is 0 Å². The normalized spacial score (nSPS) is 11.9. The van der Waals surface area contributed by atoms with Crippen LogP contribution in [0.5, 0.6) is 0 Å². The zero-order valence-corrected chi connectivity index (χ0v) is 13.8. The predicted octanol–water partition coefficient (Wildman–Crippen LogP) is 4.02. The average molecular weight is 288 g/mol. The third kappa shape index (κ3) is 4.08. The van der Waals surface area contributed by atoms with E-state index in [1.54, 1.807) is 0 Å². The minimum Gasteiger partial charge on any atom is -0.459 e. The Morgan fingerprint density at radius 2 is 1.95 bits per heavy atom. The number of nitrogens with one attached hydrogen (secondary N) is 1. The van der Waals surface area contributed by atoms with Crippen molar-refractivity contribution in [2.24, 2.45) is 5.92 Å². The van der Waals surface area contributed by atoms with Crippen molar-refractivity contribution in [2.45, 2.75) is 40.8 Å². The summed E-state index contributed by atoms with van der Waals surface area (Å²) in [6, 6.07) is 8.37. The number of benzene rings is 1. The maximum atomic E-state index is 6.06. The van der Waals surface area contributed by atoms with E-state index in [1.165, 1.54) is 10.9 Å². The standard InChI is InChI=1S/C18H28N2O/c1-5-19-11-18-16(13-20(6-2)12-14(3)4)15-9-7-8-10-17(15)21-18/h7-10,14,19H,5-6,11-13H2,1-4H3. The number of para-hydroxylation sites is 1. The molecule has 3 nitrogen and oxygen atoms in total. The molecule has 0 bridgehead atoms. The van der Waals surface area contributed by atoms with Gasteiger partial charge in [-0.25, -0.2) is 0 Å². The maximum absolute atomic E-state index is 6.06. The van der Waals surface area contributed by atoms with E-state index in [9.17, 15) is 0 Å². The molecule has 2 aromatic rings. The number of rotatable bonds is 8. The van der Waals surface area contributed by atoms with Crippen LogP contribution in [0.3, 0.4) is 0 Å². The molecule has 0 atom stereocenters. The highest BCUT2D eigenvalue weighted by Crippen LogP contribution is 2.27. The molecule has 1 heterocycles. The third-order valence-electron chi connectivity index (χ3n) is 3.77. The van der Waals surface area contributed by atoms with Crippen LogP contribution in [0.15, 0.2) is 28.7 Å². The summed E-state index contributed by atoms with van der Waals surface area (Å²) in [4.78, 5) is 2.50. The third-order valence-corrected chi connectivity index (χ3v) is 3.77. The molecule has 0 amide bonds. The van der Waals surface area contributed by atoms with Crippen molar-refractivity contribution >= 4 is 11.0 Å². The number of furan rings is 1. The molecular weight excluding hydrogens is 260 g/mol. The van der Waals surface area contributed by atoms with Gasteiger partial charge in [-0.1, -0.05) is 45.9 Å². The van der Waals surface area contributed by atoms with E-state index < -0.39 is 0 Å². The Bertz CT molecular complexity index is 559.